The molecule has 2 heteroatoms. The van der Waals surface area contributed by atoms with Gasteiger partial charge in [-0.3, -0.25) is 4.79 Å². The molecule has 0 atom stereocenters. The molecule has 0 aliphatic heterocycles. The molecule has 0 radical (unpaired) electrons. The Morgan fingerprint density at radius 1 is 0.650 bits per heavy atom. The van der Waals surface area contributed by atoms with Crippen LogP contribution in [0.3, 0.4) is 0 Å². The molecule has 1 aliphatic carbocycles. The van der Waals surface area contributed by atoms with Crippen LogP contribution in [0.15, 0.2) is 157 Å². The lowest BCUT2D eigenvalue weighted by atomic mass is 9.88. The molecule has 0 spiro atoms. The first-order valence-corrected chi connectivity index (χ1v) is 13.3. The van der Waals surface area contributed by atoms with Gasteiger partial charge in [0.25, 0.3) is 0 Å². The Balaban J connectivity index is 1.47. The maximum absolute atomic E-state index is 13.0. The van der Waals surface area contributed by atoms with Crippen LogP contribution in [0, 0.1) is 0 Å². The first kappa shape index (κ1) is 25.1. The van der Waals surface area contributed by atoms with Crippen molar-refractivity contribution < 1.29 is 9.53 Å². The number of carbonyl (C=O) groups excluding carboxylic acids is 1. The fourth-order valence-electron chi connectivity index (χ4n) is 5.21. The van der Waals surface area contributed by atoms with Gasteiger partial charge in [0.05, 0.1) is 7.11 Å². The second kappa shape index (κ2) is 11.3. The van der Waals surface area contributed by atoms with E-state index >= 15 is 0 Å². The Bertz CT molecular complexity index is 1760. The highest BCUT2D eigenvalue weighted by Crippen LogP contribution is 2.37. The van der Waals surface area contributed by atoms with Gasteiger partial charge < -0.3 is 4.74 Å². The number of ketones is 1. The number of methoxy groups -OCH3 is 1. The molecule has 192 valence electrons. The minimum absolute atomic E-state index is 0.00362. The van der Waals surface area contributed by atoms with Crippen molar-refractivity contribution >= 4 is 27.7 Å². The van der Waals surface area contributed by atoms with Crippen LogP contribution in [0.1, 0.15) is 16.7 Å². The molecule has 0 fully saturated rings. The van der Waals surface area contributed by atoms with Gasteiger partial charge in [-0.05, 0) is 74.0 Å². The summed E-state index contributed by atoms with van der Waals surface area (Å²) in [6.07, 6.45) is 9.60. The van der Waals surface area contributed by atoms with Crippen LogP contribution in [0.5, 0.6) is 5.75 Å². The zero-order valence-corrected chi connectivity index (χ0v) is 22.3. The smallest absolute Gasteiger partial charge is 0.185 e. The molecule has 5 aromatic rings. The third-order valence-electron chi connectivity index (χ3n) is 7.23. The van der Waals surface area contributed by atoms with Crippen molar-refractivity contribution in [2.24, 2.45) is 0 Å². The van der Waals surface area contributed by atoms with Gasteiger partial charge in [0.15, 0.2) is 5.78 Å². The average molecular weight is 517 g/mol. The molecular weight excluding hydrogens is 488 g/mol. The van der Waals surface area contributed by atoms with E-state index in [2.05, 4.69) is 78.9 Å². The van der Waals surface area contributed by atoms with Gasteiger partial charge >= 0.3 is 0 Å². The molecule has 0 aromatic heterocycles. The number of carbonyl (C=O) groups is 1. The lowest BCUT2D eigenvalue weighted by molar-refractivity contribution is -0.111. The summed E-state index contributed by atoms with van der Waals surface area (Å²) in [5, 5.41) is 2.31. The van der Waals surface area contributed by atoms with Crippen molar-refractivity contribution in [3.05, 3.63) is 174 Å². The summed E-state index contributed by atoms with van der Waals surface area (Å²) >= 11 is 0. The normalized spacial score (nSPS) is 13.8. The van der Waals surface area contributed by atoms with Gasteiger partial charge in [-0.25, -0.2) is 0 Å². The molecule has 5 aromatic carbocycles. The van der Waals surface area contributed by atoms with Crippen LogP contribution < -0.4 is 4.74 Å². The van der Waals surface area contributed by atoms with Crippen molar-refractivity contribution in [1.82, 2.24) is 0 Å². The maximum Gasteiger partial charge on any atom is 0.185 e. The molecule has 6 rings (SSSR count). The fraction of sp³-hybridized carbons (Fsp3) is 0.0263. The van der Waals surface area contributed by atoms with Crippen molar-refractivity contribution in [1.29, 1.82) is 0 Å². The largest absolute Gasteiger partial charge is 0.497 e. The van der Waals surface area contributed by atoms with Crippen LogP contribution in [0.25, 0.3) is 33.0 Å². The van der Waals surface area contributed by atoms with E-state index in [1.165, 1.54) is 0 Å². The lowest BCUT2D eigenvalue weighted by Gasteiger charge is -2.15. The van der Waals surface area contributed by atoms with Crippen molar-refractivity contribution in [3.8, 4) is 16.9 Å². The van der Waals surface area contributed by atoms with E-state index in [-0.39, 0.29) is 5.78 Å². The first-order chi connectivity index (χ1) is 19.7. The number of ether oxygens (including phenoxy) is 1. The summed E-state index contributed by atoms with van der Waals surface area (Å²) in [6.45, 7) is 0. The Morgan fingerprint density at radius 2 is 1.27 bits per heavy atom. The molecule has 0 saturated carbocycles. The number of hydrogen-bond acceptors (Lipinski definition) is 2. The molecule has 1 aliphatic rings. The van der Waals surface area contributed by atoms with Crippen molar-refractivity contribution in [2.45, 2.75) is 0 Å². The minimum Gasteiger partial charge on any atom is -0.497 e. The van der Waals surface area contributed by atoms with Crippen LogP contribution in [0.2, 0.25) is 0 Å². The predicted octanol–water partition coefficient (Wildman–Crippen LogP) is 9.10. The highest BCUT2D eigenvalue weighted by Gasteiger charge is 2.16. The van der Waals surface area contributed by atoms with E-state index < -0.39 is 0 Å². The van der Waals surface area contributed by atoms with Crippen LogP contribution >= 0.6 is 0 Å². The minimum atomic E-state index is -0.00362. The third-order valence-corrected chi connectivity index (χ3v) is 7.23. The van der Waals surface area contributed by atoms with Crippen molar-refractivity contribution in [2.75, 3.05) is 7.11 Å². The Labute approximate surface area is 234 Å². The molecule has 0 N–H and O–H groups in total. The van der Waals surface area contributed by atoms with Crippen molar-refractivity contribution in [3.63, 3.8) is 0 Å². The molecule has 0 amide bonds. The summed E-state index contributed by atoms with van der Waals surface area (Å²) < 4.78 is 5.37. The van der Waals surface area contributed by atoms with Gasteiger partial charge in [0.1, 0.15) is 5.75 Å². The predicted molar refractivity (Wildman–Crippen MR) is 166 cm³/mol. The number of allylic oxidation sites excluding steroid dienone is 7. The van der Waals surface area contributed by atoms with Crippen LogP contribution in [0.4, 0.5) is 0 Å². The second-order valence-electron chi connectivity index (χ2n) is 9.67. The van der Waals surface area contributed by atoms with Gasteiger partial charge in [0, 0.05) is 5.57 Å². The van der Waals surface area contributed by atoms with Gasteiger partial charge in [-0.1, -0.05) is 127 Å². The SMILES string of the molecule is COc1ccc(-c2cccc3cccc(C4=C/C(=C/C=C(c5ccccc5)c5ccccc5)C(=O)C=C4)c23)cc1. The number of rotatable bonds is 6. The van der Waals surface area contributed by atoms with E-state index in [1.54, 1.807) is 13.2 Å². The summed E-state index contributed by atoms with van der Waals surface area (Å²) in [5.41, 5.74) is 8.28. The number of benzene rings is 5. The summed E-state index contributed by atoms with van der Waals surface area (Å²) in [7, 11) is 1.68. The Morgan fingerprint density at radius 3 is 1.90 bits per heavy atom. The van der Waals surface area contributed by atoms with Crippen LogP contribution in [-0.2, 0) is 4.79 Å². The highest BCUT2D eigenvalue weighted by atomic mass is 16.5. The van der Waals surface area contributed by atoms with Crippen LogP contribution in [-0.4, -0.2) is 12.9 Å². The fourth-order valence-corrected chi connectivity index (χ4v) is 5.21. The van der Waals surface area contributed by atoms with Gasteiger partial charge in [-0.2, -0.15) is 0 Å². The number of fused-ring (bicyclic) bond motifs is 1. The van der Waals surface area contributed by atoms with Gasteiger partial charge in [-0.15, -0.1) is 0 Å². The third kappa shape index (κ3) is 5.08. The van der Waals surface area contributed by atoms with Gasteiger partial charge in [0.2, 0.25) is 0 Å². The lowest BCUT2D eigenvalue weighted by Crippen LogP contribution is -2.02. The topological polar surface area (TPSA) is 26.3 Å². The van der Waals surface area contributed by atoms with E-state index in [1.807, 2.05) is 66.8 Å². The molecule has 0 unspecified atom stereocenters. The molecule has 40 heavy (non-hydrogen) atoms. The Hall–Kier alpha value is -5.21. The monoisotopic (exact) mass is 516 g/mol. The van der Waals surface area contributed by atoms with E-state index in [0.29, 0.717) is 5.57 Å². The summed E-state index contributed by atoms with van der Waals surface area (Å²) in [4.78, 5) is 13.0. The summed E-state index contributed by atoms with van der Waals surface area (Å²) in [6, 6.07) is 41.4. The first-order valence-electron chi connectivity index (χ1n) is 13.3. The standard InChI is InChI=1S/C38H28O2/c1-40-33-22-18-29(19-23-33)35-16-8-14-30-15-9-17-36(38(30)35)31-21-25-37(39)32(26-31)20-24-34(27-10-4-2-5-11-27)28-12-6-3-7-13-28/h2-26H,1H3/b32-20-. The molecule has 0 heterocycles. The van der Waals surface area contributed by atoms with E-state index in [0.717, 1.165) is 55.5 Å². The second-order valence-corrected chi connectivity index (χ2v) is 9.67. The maximum atomic E-state index is 13.0. The zero-order chi connectivity index (χ0) is 27.3. The zero-order valence-electron chi connectivity index (χ0n) is 22.3. The highest BCUT2D eigenvalue weighted by molar-refractivity contribution is 6.14. The Kier molecular flexibility index (Phi) is 7.07. The molecule has 0 saturated heterocycles. The molecular formula is C38H28O2. The average Bonchev–Trinajstić information content (AvgIpc) is 3.02. The van der Waals surface area contributed by atoms with E-state index in [9.17, 15) is 4.79 Å². The quantitative estimate of drug-likeness (QED) is 0.210. The molecule has 2 nitrogen and oxygen atoms in total. The summed E-state index contributed by atoms with van der Waals surface area (Å²) in [5.74, 6) is 0.824. The van der Waals surface area contributed by atoms with E-state index in [4.69, 9.17) is 4.74 Å². The number of hydrogen-bond donors (Lipinski definition) is 0. The molecule has 0 bridgehead atoms.